The van der Waals surface area contributed by atoms with Crippen molar-refractivity contribution in [2.75, 3.05) is 24.5 Å². The van der Waals surface area contributed by atoms with Crippen LogP contribution in [0.1, 0.15) is 38.7 Å². The van der Waals surface area contributed by atoms with Crippen molar-refractivity contribution in [2.24, 2.45) is 5.92 Å². The predicted molar refractivity (Wildman–Crippen MR) is 97.6 cm³/mol. The van der Waals surface area contributed by atoms with E-state index in [1.165, 1.54) is 0 Å². The Morgan fingerprint density at radius 2 is 1.92 bits per heavy atom. The summed E-state index contributed by atoms with van der Waals surface area (Å²) in [4.78, 5) is 14.2. The van der Waals surface area contributed by atoms with E-state index < -0.39 is 10.0 Å². The molecule has 0 unspecified atom stereocenters. The van der Waals surface area contributed by atoms with E-state index in [2.05, 4.69) is 22.9 Å². The fraction of sp³-hybridized carbons (Fsp3) is 0.588. The lowest BCUT2D eigenvalue weighted by Crippen LogP contribution is -2.39. The SMILES string of the molecule is CCC(=O)N1CCc2cc(Br)cc(S(=O)(=O)N3CCC(C)CC3)c21. The monoisotopic (exact) mass is 414 g/mol. The molecule has 0 spiro atoms. The molecule has 0 aromatic heterocycles. The smallest absolute Gasteiger partial charge is 0.245 e. The van der Waals surface area contributed by atoms with E-state index in [4.69, 9.17) is 0 Å². The zero-order chi connectivity index (χ0) is 17.5. The van der Waals surface area contributed by atoms with Crippen molar-refractivity contribution in [1.29, 1.82) is 0 Å². The van der Waals surface area contributed by atoms with E-state index >= 15 is 0 Å². The third kappa shape index (κ3) is 3.13. The van der Waals surface area contributed by atoms with Gasteiger partial charge >= 0.3 is 0 Å². The van der Waals surface area contributed by atoms with Crippen molar-refractivity contribution < 1.29 is 13.2 Å². The number of carbonyl (C=O) groups excluding carboxylic acids is 1. The van der Waals surface area contributed by atoms with E-state index in [0.717, 1.165) is 22.9 Å². The quantitative estimate of drug-likeness (QED) is 0.762. The number of fused-ring (bicyclic) bond motifs is 1. The number of anilines is 1. The topological polar surface area (TPSA) is 57.7 Å². The maximum atomic E-state index is 13.2. The lowest BCUT2D eigenvalue weighted by Gasteiger charge is -2.31. The molecule has 2 aliphatic heterocycles. The van der Waals surface area contributed by atoms with Crippen LogP contribution in [0.4, 0.5) is 5.69 Å². The number of piperidine rings is 1. The van der Waals surface area contributed by atoms with E-state index in [-0.39, 0.29) is 10.8 Å². The molecule has 0 N–H and O–H groups in total. The number of hydrogen-bond donors (Lipinski definition) is 0. The van der Waals surface area contributed by atoms with Gasteiger partial charge in [0.25, 0.3) is 0 Å². The van der Waals surface area contributed by atoms with Gasteiger partial charge in [0.05, 0.1) is 5.69 Å². The van der Waals surface area contributed by atoms with Gasteiger partial charge in [0.2, 0.25) is 15.9 Å². The van der Waals surface area contributed by atoms with Crippen molar-refractivity contribution >= 4 is 37.5 Å². The summed E-state index contributed by atoms with van der Waals surface area (Å²) in [5, 5.41) is 0. The third-order valence-electron chi connectivity index (χ3n) is 4.96. The molecule has 0 bridgehead atoms. The van der Waals surface area contributed by atoms with Crippen molar-refractivity contribution in [1.82, 2.24) is 4.31 Å². The number of carbonyl (C=O) groups is 1. The molecule has 0 saturated carbocycles. The van der Waals surface area contributed by atoms with Gasteiger partial charge in [-0.2, -0.15) is 4.31 Å². The molecular weight excluding hydrogens is 392 g/mol. The molecule has 0 atom stereocenters. The zero-order valence-electron chi connectivity index (χ0n) is 14.1. The first-order chi connectivity index (χ1) is 11.3. The first-order valence-corrected chi connectivity index (χ1v) is 10.7. The molecule has 1 saturated heterocycles. The van der Waals surface area contributed by atoms with Crippen molar-refractivity contribution in [3.8, 4) is 0 Å². The highest BCUT2D eigenvalue weighted by molar-refractivity contribution is 9.10. The number of benzene rings is 1. The molecule has 132 valence electrons. The normalized spacial score (nSPS) is 19.5. The van der Waals surface area contributed by atoms with E-state index in [1.807, 2.05) is 6.07 Å². The van der Waals surface area contributed by atoms with Crippen molar-refractivity contribution in [2.45, 2.75) is 44.4 Å². The second-order valence-corrected chi connectivity index (χ2v) is 9.47. The van der Waals surface area contributed by atoms with Crippen LogP contribution < -0.4 is 4.90 Å². The Morgan fingerprint density at radius 1 is 1.25 bits per heavy atom. The van der Waals surface area contributed by atoms with Gasteiger partial charge in [-0.3, -0.25) is 4.79 Å². The molecule has 24 heavy (non-hydrogen) atoms. The van der Waals surface area contributed by atoms with Crippen LogP contribution in [-0.4, -0.2) is 38.3 Å². The third-order valence-corrected chi connectivity index (χ3v) is 7.33. The van der Waals surface area contributed by atoms with Gasteiger partial charge in [-0.05, 0) is 42.9 Å². The van der Waals surface area contributed by atoms with Crippen LogP contribution in [-0.2, 0) is 21.2 Å². The molecule has 0 radical (unpaired) electrons. The second kappa shape index (κ2) is 6.77. The molecular formula is C17H23BrN2O3S. The zero-order valence-corrected chi connectivity index (χ0v) is 16.5. The molecule has 7 heteroatoms. The molecule has 1 aromatic rings. The number of sulfonamides is 1. The average molecular weight is 415 g/mol. The Bertz CT molecular complexity index is 755. The Hall–Kier alpha value is -0.920. The molecule has 2 heterocycles. The van der Waals surface area contributed by atoms with Crippen LogP contribution >= 0.6 is 15.9 Å². The Kier molecular flexibility index (Phi) is 5.04. The molecule has 2 aliphatic rings. The number of rotatable bonds is 3. The van der Waals surface area contributed by atoms with Gasteiger partial charge in [0.1, 0.15) is 4.90 Å². The van der Waals surface area contributed by atoms with Crippen molar-refractivity contribution in [3.63, 3.8) is 0 Å². The van der Waals surface area contributed by atoms with Crippen LogP contribution in [0.25, 0.3) is 0 Å². The van der Waals surface area contributed by atoms with Crippen LogP contribution in [0.2, 0.25) is 0 Å². The molecule has 3 rings (SSSR count). The highest BCUT2D eigenvalue weighted by atomic mass is 79.9. The lowest BCUT2D eigenvalue weighted by atomic mass is 10.0. The maximum absolute atomic E-state index is 13.2. The van der Waals surface area contributed by atoms with Crippen LogP contribution in [0.15, 0.2) is 21.5 Å². The maximum Gasteiger partial charge on any atom is 0.245 e. The summed E-state index contributed by atoms with van der Waals surface area (Å²) in [5.74, 6) is 0.530. The fourth-order valence-corrected chi connectivity index (χ4v) is 5.86. The highest BCUT2D eigenvalue weighted by Gasteiger charge is 2.36. The van der Waals surface area contributed by atoms with Crippen LogP contribution in [0.3, 0.4) is 0 Å². The van der Waals surface area contributed by atoms with Gasteiger partial charge < -0.3 is 4.90 Å². The summed E-state index contributed by atoms with van der Waals surface area (Å²) in [5.41, 5.74) is 1.51. The van der Waals surface area contributed by atoms with Gasteiger partial charge in [-0.1, -0.05) is 29.8 Å². The number of halogens is 1. The average Bonchev–Trinajstić information content (AvgIpc) is 2.97. The summed E-state index contributed by atoms with van der Waals surface area (Å²) < 4.78 is 28.8. The Labute approximate surface area is 152 Å². The van der Waals surface area contributed by atoms with E-state index in [1.54, 1.807) is 22.2 Å². The molecule has 0 aliphatic carbocycles. The first-order valence-electron chi connectivity index (χ1n) is 8.47. The number of hydrogen-bond acceptors (Lipinski definition) is 3. The summed E-state index contributed by atoms with van der Waals surface area (Å²) in [6.45, 7) is 5.61. The van der Waals surface area contributed by atoms with Gasteiger partial charge in [-0.25, -0.2) is 8.42 Å². The minimum Gasteiger partial charge on any atom is -0.310 e. The molecule has 1 amide bonds. The Balaban J connectivity index is 2.06. The van der Waals surface area contributed by atoms with E-state index in [0.29, 0.717) is 44.1 Å². The van der Waals surface area contributed by atoms with Gasteiger partial charge in [-0.15, -0.1) is 0 Å². The molecule has 1 aromatic carbocycles. The summed E-state index contributed by atoms with van der Waals surface area (Å²) >= 11 is 3.43. The largest absolute Gasteiger partial charge is 0.310 e. The summed E-state index contributed by atoms with van der Waals surface area (Å²) in [7, 11) is -3.60. The minimum atomic E-state index is -3.60. The predicted octanol–water partition coefficient (Wildman–Crippen LogP) is 3.17. The number of nitrogens with zero attached hydrogens (tertiary/aromatic N) is 2. The lowest BCUT2D eigenvalue weighted by molar-refractivity contribution is -0.118. The highest BCUT2D eigenvalue weighted by Crippen LogP contribution is 2.39. The minimum absolute atomic E-state index is 0.0280. The van der Waals surface area contributed by atoms with Crippen molar-refractivity contribution in [3.05, 3.63) is 22.2 Å². The van der Waals surface area contributed by atoms with Crippen LogP contribution in [0.5, 0.6) is 0 Å². The summed E-state index contributed by atoms with van der Waals surface area (Å²) in [6, 6.07) is 3.57. The second-order valence-electron chi connectivity index (χ2n) is 6.65. The molecule has 5 nitrogen and oxygen atoms in total. The first kappa shape index (κ1) is 17.9. The summed E-state index contributed by atoms with van der Waals surface area (Å²) in [6.07, 6.45) is 2.83. The van der Waals surface area contributed by atoms with Gasteiger partial charge in [0, 0.05) is 30.5 Å². The van der Waals surface area contributed by atoms with Crippen LogP contribution in [0, 0.1) is 5.92 Å². The Morgan fingerprint density at radius 3 is 2.54 bits per heavy atom. The van der Waals surface area contributed by atoms with Gasteiger partial charge in [0.15, 0.2) is 0 Å². The van der Waals surface area contributed by atoms with E-state index in [9.17, 15) is 13.2 Å². The number of amides is 1. The molecule has 1 fully saturated rings. The standard InChI is InChI=1S/C17H23BrN2O3S/c1-3-16(21)20-9-6-13-10-14(18)11-15(17(13)20)24(22,23)19-7-4-12(2)5-8-19/h10-12H,3-9H2,1-2H3. The fourth-order valence-electron chi connectivity index (χ4n) is 3.47.